The Bertz CT molecular complexity index is 1490. The zero-order valence-corrected chi connectivity index (χ0v) is 22.6. The van der Waals surface area contributed by atoms with E-state index in [2.05, 4.69) is 20.4 Å². The van der Waals surface area contributed by atoms with Crippen molar-refractivity contribution < 1.29 is 26.7 Å². The first-order valence-corrected chi connectivity index (χ1v) is 13.8. The second kappa shape index (κ2) is 9.92. The van der Waals surface area contributed by atoms with E-state index in [0.717, 1.165) is 11.3 Å². The van der Waals surface area contributed by atoms with Crippen LogP contribution >= 0.6 is 11.3 Å². The maximum atomic E-state index is 13.8. The van der Waals surface area contributed by atoms with Crippen molar-refractivity contribution in [1.82, 2.24) is 24.1 Å². The molecule has 0 radical (unpaired) electrons. The number of halogens is 3. The Morgan fingerprint density at radius 2 is 2.00 bits per heavy atom. The topological polar surface area (TPSA) is 137 Å². The van der Waals surface area contributed by atoms with Gasteiger partial charge in [0.1, 0.15) is 16.5 Å². The van der Waals surface area contributed by atoms with Crippen LogP contribution in [-0.4, -0.2) is 56.7 Å². The molecule has 3 aromatic heterocycles. The van der Waals surface area contributed by atoms with Crippen molar-refractivity contribution in [2.45, 2.75) is 49.9 Å². The summed E-state index contributed by atoms with van der Waals surface area (Å²) in [7, 11) is -2.11. The lowest BCUT2D eigenvalue weighted by atomic mass is 9.95. The fourth-order valence-corrected chi connectivity index (χ4v) is 6.93. The monoisotopic (exact) mass is 569 g/mol. The fourth-order valence-electron chi connectivity index (χ4n) is 4.28. The van der Waals surface area contributed by atoms with E-state index in [1.54, 1.807) is 7.05 Å². The average Bonchev–Trinajstić information content (AvgIpc) is 3.46. The molecule has 0 saturated carbocycles. The van der Waals surface area contributed by atoms with Gasteiger partial charge in [0.05, 0.1) is 32.8 Å². The molecule has 1 aliphatic rings. The zero-order valence-electron chi connectivity index (χ0n) is 21.0. The van der Waals surface area contributed by atoms with Crippen LogP contribution in [0, 0.1) is 17.2 Å². The highest BCUT2D eigenvalue weighted by atomic mass is 32.2. The average molecular weight is 570 g/mol. The van der Waals surface area contributed by atoms with Crippen LogP contribution in [0.15, 0.2) is 29.6 Å². The van der Waals surface area contributed by atoms with Crippen LogP contribution in [0.3, 0.4) is 0 Å². The Balaban J connectivity index is 1.60. The summed E-state index contributed by atoms with van der Waals surface area (Å²) in [6.45, 7) is 5.11. The van der Waals surface area contributed by atoms with Crippen LogP contribution in [0.5, 0.6) is 0 Å². The molecule has 38 heavy (non-hydrogen) atoms. The van der Waals surface area contributed by atoms with E-state index >= 15 is 0 Å². The largest absolute Gasteiger partial charge is 0.420 e. The van der Waals surface area contributed by atoms with Crippen molar-refractivity contribution in [2.75, 3.05) is 18.4 Å². The summed E-state index contributed by atoms with van der Waals surface area (Å²) in [5.41, 5.74) is -2.84. The minimum Gasteiger partial charge on any atom is -0.385 e. The number of nitrogens with one attached hydrogen (secondary N) is 1. The molecule has 0 bridgehead atoms. The van der Waals surface area contributed by atoms with E-state index in [0.29, 0.717) is 12.6 Å². The zero-order chi connectivity index (χ0) is 28.0. The number of aliphatic hydroxyl groups is 1. The number of rotatable bonds is 6. The van der Waals surface area contributed by atoms with Crippen molar-refractivity contribution in [3.05, 3.63) is 40.7 Å². The molecular formula is C23H26F3N7O3S2. The Labute approximate surface area is 221 Å². The highest BCUT2D eigenvalue weighted by Crippen LogP contribution is 2.42. The number of nitrogens with zero attached hydrogens (tertiary/aromatic N) is 6. The fraction of sp³-hybridized carbons (Fsp3) is 0.478. The Morgan fingerprint density at radius 1 is 1.29 bits per heavy atom. The van der Waals surface area contributed by atoms with Gasteiger partial charge in [0, 0.05) is 38.6 Å². The molecule has 0 spiro atoms. The first-order valence-electron chi connectivity index (χ1n) is 11.6. The van der Waals surface area contributed by atoms with Crippen LogP contribution in [0.4, 0.5) is 19.1 Å². The smallest absolute Gasteiger partial charge is 0.385 e. The van der Waals surface area contributed by atoms with Gasteiger partial charge in [0.2, 0.25) is 16.0 Å². The summed E-state index contributed by atoms with van der Waals surface area (Å²) < 4.78 is 70.1. The Kier molecular flexibility index (Phi) is 7.30. The van der Waals surface area contributed by atoms with Crippen LogP contribution in [0.25, 0.3) is 10.6 Å². The number of hydrogen-bond donors (Lipinski definition) is 2. The third-order valence-corrected chi connectivity index (χ3v) is 9.51. The minimum atomic E-state index is -4.75. The lowest BCUT2D eigenvalue weighted by Gasteiger charge is -2.36. The van der Waals surface area contributed by atoms with Crippen LogP contribution in [0.2, 0.25) is 0 Å². The van der Waals surface area contributed by atoms with Gasteiger partial charge in [0.15, 0.2) is 0 Å². The SMILES string of the molecule is C[C@@H]1CN(S(=O)(=O)c2cnn(C)c2)CC[C@@H]1Nc1ncc(C(F)(F)F)c(-c2cc(C#N)c(C(C)(C)O)s2)n1. The van der Waals surface area contributed by atoms with E-state index in [1.807, 2.05) is 13.0 Å². The predicted molar refractivity (Wildman–Crippen MR) is 133 cm³/mol. The third kappa shape index (κ3) is 5.53. The molecule has 0 aromatic carbocycles. The van der Waals surface area contributed by atoms with Crippen LogP contribution < -0.4 is 5.32 Å². The van der Waals surface area contributed by atoms with E-state index in [4.69, 9.17) is 0 Å². The van der Waals surface area contributed by atoms with Crippen LogP contribution in [0.1, 0.15) is 43.2 Å². The number of alkyl halides is 3. The van der Waals surface area contributed by atoms with Crippen molar-refractivity contribution in [3.8, 4) is 16.6 Å². The molecule has 15 heteroatoms. The minimum absolute atomic E-state index is 0.0508. The normalized spacial score (nSPS) is 19.3. The highest BCUT2D eigenvalue weighted by Gasteiger charge is 2.38. The molecule has 1 fully saturated rings. The van der Waals surface area contributed by atoms with E-state index in [-0.39, 0.29) is 51.2 Å². The van der Waals surface area contributed by atoms with Gasteiger partial charge in [-0.05, 0) is 32.3 Å². The number of aromatic nitrogens is 4. The van der Waals surface area contributed by atoms with Gasteiger partial charge in [0.25, 0.3) is 0 Å². The molecule has 0 unspecified atom stereocenters. The van der Waals surface area contributed by atoms with Crippen molar-refractivity contribution in [2.24, 2.45) is 13.0 Å². The predicted octanol–water partition coefficient (Wildman–Crippen LogP) is 3.57. The molecule has 2 atom stereocenters. The maximum absolute atomic E-state index is 13.8. The maximum Gasteiger partial charge on any atom is 0.420 e. The van der Waals surface area contributed by atoms with Crippen molar-refractivity contribution in [3.63, 3.8) is 0 Å². The first kappa shape index (κ1) is 28.0. The number of nitriles is 1. The van der Waals surface area contributed by atoms with Gasteiger partial charge in [-0.1, -0.05) is 6.92 Å². The van der Waals surface area contributed by atoms with Crippen LogP contribution in [-0.2, 0) is 28.8 Å². The molecule has 3 aromatic rings. The molecule has 4 heterocycles. The number of anilines is 1. The molecule has 10 nitrogen and oxygen atoms in total. The molecule has 0 amide bonds. The molecule has 2 N–H and O–H groups in total. The second-order valence-corrected chi connectivity index (χ2v) is 12.7. The summed E-state index contributed by atoms with van der Waals surface area (Å²) in [6, 6.07) is 2.90. The number of thiophene rings is 1. The quantitative estimate of drug-likeness (QED) is 0.460. The van der Waals surface area contributed by atoms with Gasteiger partial charge in [-0.15, -0.1) is 11.3 Å². The summed E-state index contributed by atoms with van der Waals surface area (Å²) in [6.07, 6.45) is -0.979. The van der Waals surface area contributed by atoms with Gasteiger partial charge in [-0.2, -0.15) is 27.8 Å². The van der Waals surface area contributed by atoms with E-state index in [9.17, 15) is 32.0 Å². The lowest BCUT2D eigenvalue weighted by molar-refractivity contribution is -0.137. The second-order valence-electron chi connectivity index (χ2n) is 9.71. The number of aryl methyl sites for hydroxylation is 1. The molecule has 4 rings (SSSR count). The summed E-state index contributed by atoms with van der Waals surface area (Å²) in [5.74, 6) is -0.261. The molecular weight excluding hydrogens is 543 g/mol. The van der Waals surface area contributed by atoms with E-state index in [1.165, 1.54) is 41.3 Å². The molecule has 1 saturated heterocycles. The van der Waals surface area contributed by atoms with Gasteiger partial charge in [-0.3, -0.25) is 4.68 Å². The Hall–Kier alpha value is -3.06. The third-order valence-electron chi connectivity index (χ3n) is 6.24. The number of piperidine rings is 1. The van der Waals surface area contributed by atoms with Gasteiger partial charge in [-0.25, -0.2) is 18.4 Å². The summed E-state index contributed by atoms with van der Waals surface area (Å²) >= 11 is 0.862. The Morgan fingerprint density at radius 3 is 2.53 bits per heavy atom. The number of sulfonamides is 1. The van der Waals surface area contributed by atoms with E-state index < -0.39 is 33.1 Å². The van der Waals surface area contributed by atoms with Crippen molar-refractivity contribution in [1.29, 1.82) is 5.26 Å². The molecule has 204 valence electrons. The van der Waals surface area contributed by atoms with Gasteiger partial charge >= 0.3 is 6.18 Å². The lowest BCUT2D eigenvalue weighted by Crippen LogP contribution is -2.47. The van der Waals surface area contributed by atoms with Gasteiger partial charge < -0.3 is 10.4 Å². The summed E-state index contributed by atoms with van der Waals surface area (Å²) in [5, 5.41) is 26.8. The number of hydrogen-bond acceptors (Lipinski definition) is 9. The summed E-state index contributed by atoms with van der Waals surface area (Å²) in [4.78, 5) is 8.43. The standard InChI is InChI=1S/C23H26F3N7O3S2/c1-13-11-33(38(35,36)15-9-29-32(4)12-15)6-5-17(13)30-21-28-10-16(23(24,25)26)19(31-21)18-7-14(8-27)20(37-18)22(2,3)34/h7,9-10,12-13,17,34H,5-6,11H2,1-4H3,(H,28,30,31)/t13-,17+/m1/s1. The molecule has 0 aliphatic carbocycles. The van der Waals surface area contributed by atoms with Crippen molar-refractivity contribution >= 4 is 27.3 Å². The highest BCUT2D eigenvalue weighted by molar-refractivity contribution is 7.89. The first-order chi connectivity index (χ1) is 17.6. The molecule has 1 aliphatic heterocycles.